The van der Waals surface area contributed by atoms with Crippen LogP contribution in [0.15, 0.2) is 47.4 Å². The molecule has 0 aliphatic carbocycles. The molecule has 26 heavy (non-hydrogen) atoms. The Morgan fingerprint density at radius 3 is 2.88 bits per heavy atom. The summed E-state index contributed by atoms with van der Waals surface area (Å²) in [5.74, 6) is 2.03. The summed E-state index contributed by atoms with van der Waals surface area (Å²) in [6.45, 7) is 1.56. The second-order valence-electron chi connectivity index (χ2n) is 6.24. The van der Waals surface area contributed by atoms with Gasteiger partial charge in [0.1, 0.15) is 5.82 Å². The molecule has 1 atom stereocenters. The average Bonchev–Trinajstić information content (AvgIpc) is 3.10. The third-order valence-corrected chi connectivity index (χ3v) is 4.61. The summed E-state index contributed by atoms with van der Waals surface area (Å²) in [6, 6.07) is 11.3. The number of rotatable bonds is 4. The topological polar surface area (TPSA) is 88.9 Å². The number of hydrogen-bond acceptors (Lipinski definition) is 6. The quantitative estimate of drug-likeness (QED) is 0.769. The number of para-hydroxylation sites is 1. The van der Waals surface area contributed by atoms with E-state index in [0.717, 1.165) is 30.9 Å². The van der Waals surface area contributed by atoms with Gasteiger partial charge in [-0.05, 0) is 25.0 Å². The second kappa shape index (κ2) is 6.99. The summed E-state index contributed by atoms with van der Waals surface area (Å²) >= 11 is 0. The van der Waals surface area contributed by atoms with Crippen molar-refractivity contribution in [1.82, 2.24) is 24.7 Å². The highest BCUT2D eigenvalue weighted by Gasteiger charge is 2.28. The molecule has 0 amide bonds. The lowest BCUT2D eigenvalue weighted by molar-refractivity contribution is 0.395. The van der Waals surface area contributed by atoms with Crippen molar-refractivity contribution in [3.63, 3.8) is 0 Å². The molecule has 1 aromatic carbocycles. The molecule has 0 unspecified atom stereocenters. The molecule has 3 heterocycles. The zero-order valence-electron chi connectivity index (χ0n) is 14.5. The van der Waals surface area contributed by atoms with Gasteiger partial charge in [0, 0.05) is 31.3 Å². The molecule has 0 bridgehead atoms. The van der Waals surface area contributed by atoms with Crippen LogP contribution in [0.3, 0.4) is 0 Å². The molecular weight excluding hydrogens is 332 g/mol. The van der Waals surface area contributed by atoms with Crippen molar-refractivity contribution in [2.24, 2.45) is 0 Å². The fraction of sp³-hybridized carbons (Fsp3) is 0.333. The first kappa shape index (κ1) is 16.3. The molecule has 1 aliphatic heterocycles. The van der Waals surface area contributed by atoms with Gasteiger partial charge in [-0.2, -0.15) is 10.1 Å². The zero-order chi connectivity index (χ0) is 17.9. The summed E-state index contributed by atoms with van der Waals surface area (Å²) in [5, 5.41) is 6.90. The SMILES string of the molecule is COc1ccnc(N2CCC[C@H](c3n[nH]c(=O)n3-c3ccccc3)C2)n1. The predicted molar refractivity (Wildman–Crippen MR) is 97.0 cm³/mol. The number of benzene rings is 1. The lowest BCUT2D eigenvalue weighted by atomic mass is 9.97. The van der Waals surface area contributed by atoms with E-state index in [-0.39, 0.29) is 11.6 Å². The Morgan fingerprint density at radius 1 is 1.23 bits per heavy atom. The number of methoxy groups -OCH3 is 1. The maximum absolute atomic E-state index is 12.3. The summed E-state index contributed by atoms with van der Waals surface area (Å²) in [5.41, 5.74) is 0.594. The van der Waals surface area contributed by atoms with Crippen LogP contribution in [0.4, 0.5) is 5.95 Å². The maximum atomic E-state index is 12.3. The molecule has 0 saturated carbocycles. The number of aromatic nitrogens is 5. The van der Waals surface area contributed by atoms with E-state index in [1.165, 1.54) is 0 Å². The third-order valence-electron chi connectivity index (χ3n) is 4.61. The molecule has 1 saturated heterocycles. The minimum atomic E-state index is -0.221. The van der Waals surface area contributed by atoms with Crippen LogP contribution in [-0.4, -0.2) is 44.9 Å². The Morgan fingerprint density at radius 2 is 2.08 bits per heavy atom. The van der Waals surface area contributed by atoms with E-state index in [9.17, 15) is 4.79 Å². The first-order chi connectivity index (χ1) is 12.8. The number of H-pyrrole nitrogens is 1. The van der Waals surface area contributed by atoms with Crippen LogP contribution in [0.25, 0.3) is 5.69 Å². The van der Waals surface area contributed by atoms with Gasteiger partial charge in [-0.3, -0.25) is 0 Å². The number of anilines is 1. The molecule has 8 heteroatoms. The van der Waals surface area contributed by atoms with Crippen LogP contribution in [0.2, 0.25) is 0 Å². The highest BCUT2D eigenvalue weighted by molar-refractivity contribution is 5.36. The van der Waals surface area contributed by atoms with Crippen molar-refractivity contribution >= 4 is 5.95 Å². The minimum Gasteiger partial charge on any atom is -0.481 e. The number of nitrogens with one attached hydrogen (secondary N) is 1. The van der Waals surface area contributed by atoms with Gasteiger partial charge < -0.3 is 9.64 Å². The van der Waals surface area contributed by atoms with Crippen molar-refractivity contribution in [3.8, 4) is 11.6 Å². The Kier molecular flexibility index (Phi) is 4.39. The Balaban J connectivity index is 1.64. The fourth-order valence-corrected chi connectivity index (χ4v) is 3.38. The van der Waals surface area contributed by atoms with Gasteiger partial charge in [-0.25, -0.2) is 19.4 Å². The van der Waals surface area contributed by atoms with Crippen molar-refractivity contribution in [3.05, 3.63) is 58.9 Å². The van der Waals surface area contributed by atoms with Crippen LogP contribution in [-0.2, 0) is 0 Å². The molecule has 1 aliphatic rings. The standard InChI is InChI=1S/C18H20N6O2/c1-26-15-9-10-19-17(20-15)23-11-5-6-13(12-23)16-21-22-18(25)24(16)14-7-3-2-4-8-14/h2-4,7-10,13H,5-6,11-12H2,1H3,(H,22,25)/t13-/m0/s1. The van der Waals surface area contributed by atoms with E-state index in [1.807, 2.05) is 30.3 Å². The van der Waals surface area contributed by atoms with E-state index < -0.39 is 0 Å². The first-order valence-corrected chi connectivity index (χ1v) is 8.61. The smallest absolute Gasteiger partial charge is 0.347 e. The number of piperidine rings is 1. The largest absolute Gasteiger partial charge is 0.481 e. The van der Waals surface area contributed by atoms with Gasteiger partial charge in [-0.15, -0.1) is 0 Å². The van der Waals surface area contributed by atoms with Crippen LogP contribution in [0, 0.1) is 0 Å². The number of aromatic amines is 1. The molecular formula is C18H20N6O2. The minimum absolute atomic E-state index is 0.109. The van der Waals surface area contributed by atoms with Crippen molar-refractivity contribution < 1.29 is 4.74 Å². The molecule has 2 aromatic heterocycles. The number of ether oxygens (including phenoxy) is 1. The van der Waals surface area contributed by atoms with E-state index in [0.29, 0.717) is 18.4 Å². The summed E-state index contributed by atoms with van der Waals surface area (Å²) in [4.78, 5) is 23.2. The van der Waals surface area contributed by atoms with E-state index in [4.69, 9.17) is 4.74 Å². The monoisotopic (exact) mass is 352 g/mol. The summed E-state index contributed by atoms with van der Waals surface area (Å²) < 4.78 is 6.85. The Labute approximate surface area is 150 Å². The van der Waals surface area contributed by atoms with E-state index >= 15 is 0 Å². The molecule has 0 spiro atoms. The van der Waals surface area contributed by atoms with Gasteiger partial charge in [0.15, 0.2) is 0 Å². The van der Waals surface area contributed by atoms with Gasteiger partial charge in [0.25, 0.3) is 0 Å². The fourth-order valence-electron chi connectivity index (χ4n) is 3.38. The van der Waals surface area contributed by atoms with Crippen LogP contribution >= 0.6 is 0 Å². The van der Waals surface area contributed by atoms with Gasteiger partial charge in [-0.1, -0.05) is 18.2 Å². The van der Waals surface area contributed by atoms with Crippen LogP contribution in [0.5, 0.6) is 5.88 Å². The van der Waals surface area contributed by atoms with E-state index in [1.54, 1.807) is 23.9 Å². The molecule has 8 nitrogen and oxygen atoms in total. The Bertz CT molecular complexity index is 936. The van der Waals surface area contributed by atoms with Crippen molar-refractivity contribution in [2.45, 2.75) is 18.8 Å². The first-order valence-electron chi connectivity index (χ1n) is 8.61. The zero-order valence-corrected chi connectivity index (χ0v) is 14.5. The van der Waals surface area contributed by atoms with Crippen molar-refractivity contribution in [1.29, 1.82) is 0 Å². The van der Waals surface area contributed by atoms with Gasteiger partial charge >= 0.3 is 5.69 Å². The van der Waals surface area contributed by atoms with Crippen molar-refractivity contribution in [2.75, 3.05) is 25.1 Å². The number of nitrogens with zero attached hydrogens (tertiary/aromatic N) is 5. The van der Waals surface area contributed by atoms with Crippen LogP contribution in [0.1, 0.15) is 24.6 Å². The third kappa shape index (κ3) is 3.05. The lowest BCUT2D eigenvalue weighted by Crippen LogP contribution is -2.36. The lowest BCUT2D eigenvalue weighted by Gasteiger charge is -2.32. The van der Waals surface area contributed by atoms with Crippen LogP contribution < -0.4 is 15.3 Å². The predicted octanol–water partition coefficient (Wildman–Crippen LogP) is 1.74. The van der Waals surface area contributed by atoms with E-state index in [2.05, 4.69) is 25.1 Å². The molecule has 1 N–H and O–H groups in total. The molecule has 134 valence electrons. The van der Waals surface area contributed by atoms with Gasteiger partial charge in [0.2, 0.25) is 11.8 Å². The highest BCUT2D eigenvalue weighted by atomic mass is 16.5. The molecule has 0 radical (unpaired) electrons. The number of hydrogen-bond donors (Lipinski definition) is 1. The Hall–Kier alpha value is -3.16. The molecule has 4 rings (SSSR count). The average molecular weight is 352 g/mol. The highest BCUT2D eigenvalue weighted by Crippen LogP contribution is 2.28. The second-order valence-corrected chi connectivity index (χ2v) is 6.24. The summed E-state index contributed by atoms with van der Waals surface area (Å²) in [7, 11) is 1.59. The molecule has 1 fully saturated rings. The normalized spacial score (nSPS) is 17.3. The van der Waals surface area contributed by atoms with Gasteiger partial charge in [0.05, 0.1) is 12.8 Å². The maximum Gasteiger partial charge on any atom is 0.347 e. The molecule has 3 aromatic rings. The summed E-state index contributed by atoms with van der Waals surface area (Å²) in [6.07, 6.45) is 3.62.